The second kappa shape index (κ2) is 4.89. The zero-order valence-electron chi connectivity index (χ0n) is 12.1. The normalized spacial score (nSPS) is 18.2. The molecule has 0 radical (unpaired) electrons. The molecule has 1 saturated heterocycles. The summed E-state index contributed by atoms with van der Waals surface area (Å²) in [4.78, 5) is 18.4. The molecule has 0 atom stereocenters. The predicted molar refractivity (Wildman–Crippen MR) is 82.4 cm³/mol. The lowest BCUT2D eigenvalue weighted by atomic mass is 9.84. The molecule has 0 amide bonds. The van der Waals surface area contributed by atoms with Crippen molar-refractivity contribution in [3.63, 3.8) is 0 Å². The first-order chi connectivity index (χ1) is 9.59. The molecule has 0 unspecified atom stereocenters. The second-order valence-electron chi connectivity index (χ2n) is 6.40. The number of fused-ring (bicyclic) bond motifs is 1. The Balaban J connectivity index is 2.07. The third-order valence-corrected chi connectivity index (χ3v) is 4.06. The molecule has 0 aliphatic carbocycles. The summed E-state index contributed by atoms with van der Waals surface area (Å²) in [6, 6.07) is 9.91. The second-order valence-corrected chi connectivity index (χ2v) is 6.40. The van der Waals surface area contributed by atoms with Crippen LogP contribution in [0.3, 0.4) is 0 Å². The maximum Gasteiger partial charge on any atom is 0.153 e. The van der Waals surface area contributed by atoms with E-state index in [1.54, 1.807) is 0 Å². The summed E-state index contributed by atoms with van der Waals surface area (Å²) in [6.07, 6.45) is 3.31. The highest BCUT2D eigenvalue weighted by Gasteiger charge is 2.28. The van der Waals surface area contributed by atoms with E-state index in [1.807, 2.05) is 30.3 Å². The summed E-state index contributed by atoms with van der Waals surface area (Å²) in [5, 5.41) is 1.02. The van der Waals surface area contributed by atoms with Crippen LogP contribution in [-0.2, 0) is 0 Å². The van der Waals surface area contributed by atoms with Crippen molar-refractivity contribution in [2.75, 3.05) is 18.0 Å². The molecule has 0 spiro atoms. The summed E-state index contributed by atoms with van der Waals surface area (Å²) >= 11 is 0. The van der Waals surface area contributed by atoms with Crippen molar-refractivity contribution in [1.29, 1.82) is 0 Å². The van der Waals surface area contributed by atoms with Crippen molar-refractivity contribution in [2.45, 2.75) is 26.7 Å². The highest BCUT2D eigenvalue weighted by Crippen LogP contribution is 2.32. The minimum Gasteiger partial charge on any atom is -0.355 e. The smallest absolute Gasteiger partial charge is 0.153 e. The topological polar surface area (TPSA) is 33.2 Å². The number of anilines is 1. The Morgan fingerprint density at radius 1 is 1.30 bits per heavy atom. The fraction of sp³-hybridized carbons (Fsp3) is 0.412. The Kier molecular flexibility index (Phi) is 3.20. The molecule has 3 rings (SSSR count). The van der Waals surface area contributed by atoms with Gasteiger partial charge in [0.05, 0.1) is 11.1 Å². The molecule has 20 heavy (non-hydrogen) atoms. The zero-order chi connectivity index (χ0) is 14.2. The summed E-state index contributed by atoms with van der Waals surface area (Å²) in [6.45, 7) is 6.50. The standard InChI is InChI=1S/C17H20N2O/c1-17(2)8-5-9-19(12-17)16-14(11-20)10-13-6-3-4-7-15(13)18-16/h3-4,6-7,10-11H,5,8-9,12H2,1-2H3. The number of hydrogen-bond acceptors (Lipinski definition) is 3. The Labute approximate surface area is 119 Å². The molecule has 104 valence electrons. The molecule has 1 aromatic heterocycles. The Bertz CT molecular complexity index is 648. The van der Waals surface area contributed by atoms with Gasteiger partial charge < -0.3 is 4.90 Å². The van der Waals surface area contributed by atoms with Crippen molar-refractivity contribution in [1.82, 2.24) is 4.98 Å². The fourth-order valence-electron chi connectivity index (χ4n) is 3.07. The third kappa shape index (κ3) is 2.40. The Morgan fingerprint density at radius 3 is 2.85 bits per heavy atom. The van der Waals surface area contributed by atoms with Crippen LogP contribution in [0, 0.1) is 5.41 Å². The van der Waals surface area contributed by atoms with Gasteiger partial charge in [0.1, 0.15) is 5.82 Å². The number of para-hydroxylation sites is 1. The van der Waals surface area contributed by atoms with E-state index in [-0.39, 0.29) is 5.41 Å². The number of aromatic nitrogens is 1. The third-order valence-electron chi connectivity index (χ3n) is 4.06. The first kappa shape index (κ1) is 13.1. The largest absolute Gasteiger partial charge is 0.355 e. The number of aldehydes is 1. The van der Waals surface area contributed by atoms with Crippen LogP contribution < -0.4 is 4.90 Å². The van der Waals surface area contributed by atoms with Crippen LogP contribution in [0.1, 0.15) is 37.0 Å². The number of rotatable bonds is 2. The predicted octanol–water partition coefficient (Wildman–Crippen LogP) is 3.67. The quantitative estimate of drug-likeness (QED) is 0.779. The zero-order valence-corrected chi connectivity index (χ0v) is 12.1. The molecule has 3 nitrogen and oxygen atoms in total. The van der Waals surface area contributed by atoms with Crippen LogP contribution in [-0.4, -0.2) is 24.4 Å². The van der Waals surface area contributed by atoms with E-state index in [1.165, 1.54) is 6.42 Å². The lowest BCUT2D eigenvalue weighted by Crippen LogP contribution is -2.41. The number of carbonyl (C=O) groups is 1. The van der Waals surface area contributed by atoms with Crippen LogP contribution in [0.4, 0.5) is 5.82 Å². The monoisotopic (exact) mass is 268 g/mol. The molecule has 1 fully saturated rings. The van der Waals surface area contributed by atoms with Gasteiger partial charge in [-0.05, 0) is 30.4 Å². The minimum atomic E-state index is 0.283. The molecule has 1 aromatic carbocycles. The number of hydrogen-bond donors (Lipinski definition) is 0. The van der Waals surface area contributed by atoms with Crippen molar-refractivity contribution in [2.24, 2.45) is 5.41 Å². The van der Waals surface area contributed by atoms with Gasteiger partial charge in [-0.2, -0.15) is 0 Å². The molecule has 2 aromatic rings. The van der Waals surface area contributed by atoms with E-state index in [0.29, 0.717) is 5.56 Å². The summed E-state index contributed by atoms with van der Waals surface area (Å²) in [7, 11) is 0. The maximum atomic E-state index is 11.4. The summed E-state index contributed by atoms with van der Waals surface area (Å²) in [5.74, 6) is 0.839. The number of nitrogens with zero attached hydrogens (tertiary/aromatic N) is 2. The van der Waals surface area contributed by atoms with Gasteiger partial charge in [0.25, 0.3) is 0 Å². The highest BCUT2D eigenvalue weighted by molar-refractivity contribution is 5.91. The fourth-order valence-corrected chi connectivity index (χ4v) is 3.07. The molecule has 1 aliphatic heterocycles. The Morgan fingerprint density at radius 2 is 2.10 bits per heavy atom. The average Bonchev–Trinajstić information content (AvgIpc) is 2.44. The van der Waals surface area contributed by atoms with Crippen molar-refractivity contribution >= 4 is 23.0 Å². The molecule has 2 heterocycles. The maximum absolute atomic E-state index is 11.4. The molecular weight excluding hydrogens is 248 g/mol. The lowest BCUT2D eigenvalue weighted by molar-refractivity contribution is 0.112. The number of carbonyl (C=O) groups excluding carboxylic acids is 1. The molecule has 1 aliphatic rings. The van der Waals surface area contributed by atoms with Crippen LogP contribution in [0.25, 0.3) is 10.9 Å². The van der Waals surface area contributed by atoms with Crippen LogP contribution >= 0.6 is 0 Å². The summed E-state index contributed by atoms with van der Waals surface area (Å²) in [5.41, 5.74) is 1.93. The van der Waals surface area contributed by atoms with Crippen LogP contribution in [0.2, 0.25) is 0 Å². The first-order valence-corrected chi connectivity index (χ1v) is 7.19. The van der Waals surface area contributed by atoms with Gasteiger partial charge in [-0.3, -0.25) is 4.79 Å². The highest BCUT2D eigenvalue weighted by atomic mass is 16.1. The van der Waals surface area contributed by atoms with Crippen LogP contribution in [0.5, 0.6) is 0 Å². The van der Waals surface area contributed by atoms with E-state index < -0.39 is 0 Å². The van der Waals surface area contributed by atoms with Gasteiger partial charge in [0.15, 0.2) is 6.29 Å². The Hall–Kier alpha value is -1.90. The van der Waals surface area contributed by atoms with Crippen molar-refractivity contribution in [3.8, 4) is 0 Å². The van der Waals surface area contributed by atoms with Gasteiger partial charge >= 0.3 is 0 Å². The van der Waals surface area contributed by atoms with Crippen molar-refractivity contribution < 1.29 is 4.79 Å². The van der Waals surface area contributed by atoms with Gasteiger partial charge in [-0.15, -0.1) is 0 Å². The number of piperidine rings is 1. The lowest BCUT2D eigenvalue weighted by Gasteiger charge is -2.39. The van der Waals surface area contributed by atoms with E-state index in [9.17, 15) is 4.79 Å². The number of benzene rings is 1. The van der Waals surface area contributed by atoms with Gasteiger partial charge in [0.2, 0.25) is 0 Å². The van der Waals surface area contributed by atoms with Gasteiger partial charge in [0, 0.05) is 18.5 Å². The summed E-state index contributed by atoms with van der Waals surface area (Å²) < 4.78 is 0. The van der Waals surface area contributed by atoms with Crippen LogP contribution in [0.15, 0.2) is 30.3 Å². The average molecular weight is 268 g/mol. The minimum absolute atomic E-state index is 0.283. The first-order valence-electron chi connectivity index (χ1n) is 7.19. The van der Waals surface area contributed by atoms with E-state index in [0.717, 1.165) is 42.5 Å². The SMILES string of the molecule is CC1(C)CCCN(c2nc3ccccc3cc2C=O)C1. The molecule has 0 saturated carbocycles. The molecule has 0 bridgehead atoms. The molecular formula is C17H20N2O. The van der Waals surface area contributed by atoms with E-state index in [4.69, 9.17) is 4.98 Å². The van der Waals surface area contributed by atoms with Crippen molar-refractivity contribution in [3.05, 3.63) is 35.9 Å². The number of pyridine rings is 1. The van der Waals surface area contributed by atoms with E-state index >= 15 is 0 Å². The van der Waals surface area contributed by atoms with E-state index in [2.05, 4.69) is 18.7 Å². The van der Waals surface area contributed by atoms with Gasteiger partial charge in [-0.25, -0.2) is 4.98 Å². The van der Waals surface area contributed by atoms with Gasteiger partial charge in [-0.1, -0.05) is 32.0 Å². The molecule has 3 heteroatoms. The molecule has 0 N–H and O–H groups in total.